The van der Waals surface area contributed by atoms with Gasteiger partial charge >= 0.3 is 5.97 Å². The molecular formula is C9H11NO2. The van der Waals surface area contributed by atoms with Gasteiger partial charge in [-0.05, 0) is 17.7 Å². The molecule has 0 aliphatic heterocycles. The third kappa shape index (κ3) is 2.62. The summed E-state index contributed by atoms with van der Waals surface area (Å²) in [4.78, 5) is 10.4. The first-order valence-corrected chi connectivity index (χ1v) is 3.66. The number of rotatable bonds is 2. The first-order chi connectivity index (χ1) is 5.68. The van der Waals surface area contributed by atoms with Crippen molar-refractivity contribution in [2.45, 2.75) is 13.5 Å². The fourth-order valence-electron chi connectivity index (χ4n) is 0.799. The van der Waals surface area contributed by atoms with E-state index in [-0.39, 0.29) is 5.97 Å². The molecule has 0 aliphatic rings. The Morgan fingerprint density at radius 2 is 2.00 bits per heavy atom. The number of nitrogen functional groups attached to an aromatic ring is 1. The lowest BCUT2D eigenvalue weighted by molar-refractivity contribution is -0.142. The highest BCUT2D eigenvalue weighted by molar-refractivity contribution is 5.65. The summed E-state index contributed by atoms with van der Waals surface area (Å²) in [7, 11) is 0. The molecule has 0 aliphatic carbocycles. The quantitative estimate of drug-likeness (QED) is 0.531. The van der Waals surface area contributed by atoms with Gasteiger partial charge in [0.2, 0.25) is 0 Å². The molecule has 0 saturated heterocycles. The third-order valence-electron chi connectivity index (χ3n) is 1.42. The average Bonchev–Trinajstić information content (AvgIpc) is 2.03. The number of hydrogen-bond donors (Lipinski definition) is 1. The molecule has 0 bridgehead atoms. The van der Waals surface area contributed by atoms with Gasteiger partial charge in [-0.15, -0.1) is 0 Å². The molecule has 12 heavy (non-hydrogen) atoms. The summed E-state index contributed by atoms with van der Waals surface area (Å²) < 4.78 is 4.79. The van der Waals surface area contributed by atoms with Crippen LogP contribution >= 0.6 is 0 Å². The standard InChI is InChI=1S/C9H11NO2/c1-7(11)12-6-8-2-4-9(10)5-3-8/h2-5H,6,10H2,1H3. The van der Waals surface area contributed by atoms with Crippen LogP contribution in [0.5, 0.6) is 0 Å². The molecule has 0 saturated carbocycles. The van der Waals surface area contributed by atoms with Gasteiger partial charge in [0.25, 0.3) is 0 Å². The number of hydrogen-bond acceptors (Lipinski definition) is 3. The van der Waals surface area contributed by atoms with Gasteiger partial charge in [0, 0.05) is 12.6 Å². The Labute approximate surface area is 71.1 Å². The summed E-state index contributed by atoms with van der Waals surface area (Å²) in [5.41, 5.74) is 7.13. The van der Waals surface area contributed by atoms with Crippen LogP contribution in [0.3, 0.4) is 0 Å². The van der Waals surface area contributed by atoms with Gasteiger partial charge in [-0.2, -0.15) is 0 Å². The molecule has 1 aromatic carbocycles. The lowest BCUT2D eigenvalue weighted by Gasteiger charge is -2.01. The van der Waals surface area contributed by atoms with Crippen molar-refractivity contribution in [1.82, 2.24) is 0 Å². The maximum Gasteiger partial charge on any atom is 0.302 e. The molecule has 0 atom stereocenters. The van der Waals surface area contributed by atoms with Gasteiger partial charge in [0.1, 0.15) is 6.61 Å². The zero-order valence-electron chi connectivity index (χ0n) is 6.91. The molecule has 1 rings (SSSR count). The Balaban J connectivity index is 2.53. The van der Waals surface area contributed by atoms with E-state index in [9.17, 15) is 4.79 Å². The molecule has 0 fully saturated rings. The van der Waals surface area contributed by atoms with Crippen LogP contribution in [0.25, 0.3) is 0 Å². The minimum Gasteiger partial charge on any atom is -0.461 e. The van der Waals surface area contributed by atoms with Gasteiger partial charge in [0.15, 0.2) is 0 Å². The van der Waals surface area contributed by atoms with Crippen LogP contribution in [-0.4, -0.2) is 5.97 Å². The van der Waals surface area contributed by atoms with Crippen molar-refractivity contribution in [3.8, 4) is 0 Å². The van der Waals surface area contributed by atoms with Crippen LogP contribution in [0.1, 0.15) is 12.5 Å². The Kier molecular flexibility index (Phi) is 2.69. The van der Waals surface area contributed by atoms with Gasteiger partial charge in [-0.3, -0.25) is 4.79 Å². The summed E-state index contributed by atoms with van der Waals surface area (Å²) in [6, 6.07) is 7.22. The molecule has 2 N–H and O–H groups in total. The second-order valence-corrected chi connectivity index (χ2v) is 2.52. The van der Waals surface area contributed by atoms with Gasteiger partial charge in [-0.1, -0.05) is 12.1 Å². The highest BCUT2D eigenvalue weighted by atomic mass is 16.5. The average molecular weight is 165 g/mol. The molecule has 0 radical (unpaired) electrons. The number of nitrogens with two attached hydrogens (primary N) is 1. The lowest BCUT2D eigenvalue weighted by Crippen LogP contribution is -1.98. The topological polar surface area (TPSA) is 52.3 Å². The highest BCUT2D eigenvalue weighted by Gasteiger charge is 1.94. The predicted octanol–water partition coefficient (Wildman–Crippen LogP) is 1.33. The Hall–Kier alpha value is -1.51. The van der Waals surface area contributed by atoms with E-state index < -0.39 is 0 Å². The maximum absolute atomic E-state index is 10.4. The number of carbonyl (C=O) groups excluding carboxylic acids is 1. The molecular weight excluding hydrogens is 154 g/mol. The number of ether oxygens (including phenoxy) is 1. The van der Waals surface area contributed by atoms with Crippen molar-refractivity contribution in [3.63, 3.8) is 0 Å². The molecule has 3 heteroatoms. The fourth-order valence-corrected chi connectivity index (χ4v) is 0.799. The molecule has 64 valence electrons. The van der Waals surface area contributed by atoms with E-state index in [1.165, 1.54) is 6.92 Å². The number of esters is 1. The van der Waals surface area contributed by atoms with E-state index >= 15 is 0 Å². The van der Waals surface area contributed by atoms with Crippen LogP contribution in [0.15, 0.2) is 24.3 Å². The van der Waals surface area contributed by atoms with Crippen LogP contribution < -0.4 is 5.73 Å². The molecule has 0 spiro atoms. The van der Waals surface area contributed by atoms with Crippen molar-refractivity contribution in [2.24, 2.45) is 0 Å². The monoisotopic (exact) mass is 165 g/mol. The van der Waals surface area contributed by atoms with Crippen LogP contribution in [0.2, 0.25) is 0 Å². The summed E-state index contributed by atoms with van der Waals surface area (Å²) in [6.07, 6.45) is 0. The van der Waals surface area contributed by atoms with E-state index in [0.29, 0.717) is 12.3 Å². The summed E-state index contributed by atoms with van der Waals surface area (Å²) >= 11 is 0. The zero-order valence-corrected chi connectivity index (χ0v) is 6.91. The van der Waals surface area contributed by atoms with Crippen molar-refractivity contribution < 1.29 is 9.53 Å². The SMILES string of the molecule is CC(=O)OCc1ccc(N)cc1. The minimum absolute atomic E-state index is 0.271. The van der Waals surface area contributed by atoms with Crippen LogP contribution in [0.4, 0.5) is 5.69 Å². The first kappa shape index (κ1) is 8.59. The Morgan fingerprint density at radius 1 is 1.42 bits per heavy atom. The minimum atomic E-state index is -0.271. The second kappa shape index (κ2) is 3.76. The van der Waals surface area contributed by atoms with E-state index in [1.54, 1.807) is 12.1 Å². The van der Waals surface area contributed by atoms with Crippen LogP contribution in [-0.2, 0) is 16.1 Å². The lowest BCUT2D eigenvalue weighted by atomic mass is 10.2. The van der Waals surface area contributed by atoms with Crippen molar-refractivity contribution in [2.75, 3.05) is 5.73 Å². The normalized spacial score (nSPS) is 9.42. The van der Waals surface area contributed by atoms with Gasteiger partial charge in [-0.25, -0.2) is 0 Å². The first-order valence-electron chi connectivity index (χ1n) is 3.66. The van der Waals surface area contributed by atoms with Crippen molar-refractivity contribution in [3.05, 3.63) is 29.8 Å². The van der Waals surface area contributed by atoms with Gasteiger partial charge in [0.05, 0.1) is 0 Å². The van der Waals surface area contributed by atoms with E-state index in [0.717, 1.165) is 5.56 Å². The van der Waals surface area contributed by atoms with Crippen molar-refractivity contribution >= 4 is 11.7 Å². The van der Waals surface area contributed by atoms with Gasteiger partial charge < -0.3 is 10.5 Å². The number of anilines is 1. The van der Waals surface area contributed by atoms with E-state index in [4.69, 9.17) is 10.5 Å². The number of benzene rings is 1. The zero-order chi connectivity index (χ0) is 8.97. The maximum atomic E-state index is 10.4. The van der Waals surface area contributed by atoms with Crippen LogP contribution in [0, 0.1) is 0 Å². The predicted molar refractivity (Wildman–Crippen MR) is 46.3 cm³/mol. The third-order valence-corrected chi connectivity index (χ3v) is 1.42. The fraction of sp³-hybridized carbons (Fsp3) is 0.222. The molecule has 0 amide bonds. The molecule has 0 aromatic heterocycles. The molecule has 3 nitrogen and oxygen atoms in total. The highest BCUT2D eigenvalue weighted by Crippen LogP contribution is 2.06. The molecule has 0 unspecified atom stereocenters. The smallest absolute Gasteiger partial charge is 0.302 e. The summed E-state index contributed by atoms with van der Waals surface area (Å²) in [6.45, 7) is 1.70. The van der Waals surface area contributed by atoms with E-state index in [1.807, 2.05) is 12.1 Å². The molecule has 1 aromatic rings. The number of carbonyl (C=O) groups is 1. The Morgan fingerprint density at radius 3 is 2.50 bits per heavy atom. The summed E-state index contributed by atoms with van der Waals surface area (Å²) in [5, 5.41) is 0. The Bertz CT molecular complexity index is 266. The summed E-state index contributed by atoms with van der Waals surface area (Å²) in [5.74, 6) is -0.271. The largest absolute Gasteiger partial charge is 0.461 e. The molecule has 0 heterocycles. The van der Waals surface area contributed by atoms with Crippen molar-refractivity contribution in [1.29, 1.82) is 0 Å². The van der Waals surface area contributed by atoms with E-state index in [2.05, 4.69) is 0 Å². The second-order valence-electron chi connectivity index (χ2n) is 2.52.